The summed E-state index contributed by atoms with van der Waals surface area (Å²) >= 11 is 0. The summed E-state index contributed by atoms with van der Waals surface area (Å²) in [5.74, 6) is -0.769. The lowest BCUT2D eigenvalue weighted by atomic mass is 10.1. The number of nitrogens with one attached hydrogen (secondary N) is 1. The van der Waals surface area contributed by atoms with Crippen molar-refractivity contribution in [2.24, 2.45) is 0 Å². The Bertz CT molecular complexity index is 343. The molecular weight excluding hydrogens is 262 g/mol. The molecule has 0 spiro atoms. The average Bonchev–Trinajstić information content (AvgIpc) is 2.38. The highest BCUT2D eigenvalue weighted by Crippen LogP contribution is 2.04. The summed E-state index contributed by atoms with van der Waals surface area (Å²) in [6.07, 6.45) is 5.18. The number of rotatable bonds is 9. The van der Waals surface area contributed by atoms with Crippen molar-refractivity contribution in [3.63, 3.8) is 0 Å². The van der Waals surface area contributed by atoms with Gasteiger partial charge < -0.3 is 10.4 Å². The van der Waals surface area contributed by atoms with Crippen LogP contribution in [0, 0.1) is 0 Å². The Morgan fingerprint density at radius 3 is 2.47 bits per heavy atom. The van der Waals surface area contributed by atoms with Gasteiger partial charge in [0, 0.05) is 0 Å². The molecule has 3 nitrogen and oxygen atoms in total. The molecule has 0 saturated heterocycles. The van der Waals surface area contributed by atoms with Crippen molar-refractivity contribution in [2.75, 3.05) is 6.54 Å². The normalized spacial score (nSPS) is 11.6. The molecule has 0 unspecified atom stereocenters. The van der Waals surface area contributed by atoms with Gasteiger partial charge in [-0.1, -0.05) is 56.5 Å². The van der Waals surface area contributed by atoms with Crippen molar-refractivity contribution in [3.05, 3.63) is 35.9 Å². The number of hydrogen-bond donors (Lipinski definition) is 2. The predicted octanol–water partition coefficient (Wildman–Crippen LogP) is 3.27. The molecule has 0 aliphatic heterocycles. The number of benzene rings is 1. The summed E-state index contributed by atoms with van der Waals surface area (Å²) in [5, 5.41) is 12.3. The van der Waals surface area contributed by atoms with E-state index >= 15 is 0 Å². The van der Waals surface area contributed by atoms with Crippen molar-refractivity contribution in [1.82, 2.24) is 5.32 Å². The highest BCUT2D eigenvalue weighted by Gasteiger charge is 2.16. The van der Waals surface area contributed by atoms with Gasteiger partial charge in [0.15, 0.2) is 0 Å². The number of carboxylic acids is 1. The SMILES string of the molecule is CCCCCCN[C@@H](Cc1ccccc1)C(=O)O.Cl. The fourth-order valence-electron chi connectivity index (χ4n) is 1.92. The summed E-state index contributed by atoms with van der Waals surface area (Å²) in [7, 11) is 0. The Morgan fingerprint density at radius 2 is 1.89 bits per heavy atom. The Hall–Kier alpha value is -1.06. The van der Waals surface area contributed by atoms with Gasteiger partial charge in [0.2, 0.25) is 0 Å². The van der Waals surface area contributed by atoms with E-state index in [0.29, 0.717) is 6.42 Å². The molecule has 0 saturated carbocycles. The average molecular weight is 286 g/mol. The molecule has 0 aliphatic carbocycles. The van der Waals surface area contributed by atoms with Crippen LogP contribution in [-0.2, 0) is 11.2 Å². The molecule has 19 heavy (non-hydrogen) atoms. The standard InChI is InChI=1S/C15H23NO2.ClH/c1-2-3-4-8-11-16-14(15(17)18)12-13-9-6-5-7-10-13;/h5-7,9-10,14,16H,2-4,8,11-12H2,1H3,(H,17,18);1H/t14-;/m0./s1. The Balaban J connectivity index is 0.00000324. The first-order valence-corrected chi connectivity index (χ1v) is 6.74. The van der Waals surface area contributed by atoms with Gasteiger partial charge in [0.05, 0.1) is 0 Å². The molecular formula is C15H24ClNO2. The van der Waals surface area contributed by atoms with Gasteiger partial charge >= 0.3 is 5.97 Å². The summed E-state index contributed by atoms with van der Waals surface area (Å²) in [6, 6.07) is 9.28. The second kappa shape index (κ2) is 10.8. The fourth-order valence-corrected chi connectivity index (χ4v) is 1.92. The number of halogens is 1. The molecule has 1 aromatic carbocycles. The van der Waals surface area contributed by atoms with E-state index in [2.05, 4.69) is 12.2 Å². The minimum Gasteiger partial charge on any atom is -0.480 e. The van der Waals surface area contributed by atoms with Gasteiger partial charge in [-0.15, -0.1) is 12.4 Å². The molecule has 0 amide bonds. The van der Waals surface area contributed by atoms with Crippen LogP contribution < -0.4 is 5.32 Å². The van der Waals surface area contributed by atoms with Crippen molar-refractivity contribution >= 4 is 18.4 Å². The third kappa shape index (κ3) is 7.85. The van der Waals surface area contributed by atoms with Crippen LogP contribution in [0.15, 0.2) is 30.3 Å². The molecule has 1 rings (SSSR count). The summed E-state index contributed by atoms with van der Waals surface area (Å²) < 4.78 is 0. The van der Waals surface area contributed by atoms with Crippen LogP contribution >= 0.6 is 12.4 Å². The van der Waals surface area contributed by atoms with Gasteiger partial charge in [-0.2, -0.15) is 0 Å². The molecule has 0 fully saturated rings. The van der Waals surface area contributed by atoms with E-state index < -0.39 is 12.0 Å². The minimum atomic E-state index is -0.769. The van der Waals surface area contributed by atoms with Crippen LogP contribution in [0.4, 0.5) is 0 Å². The summed E-state index contributed by atoms with van der Waals surface area (Å²) in [5.41, 5.74) is 1.06. The zero-order valence-electron chi connectivity index (χ0n) is 11.5. The number of hydrogen-bond acceptors (Lipinski definition) is 2. The van der Waals surface area contributed by atoms with Crippen LogP contribution in [0.3, 0.4) is 0 Å². The first-order chi connectivity index (χ1) is 8.74. The molecule has 0 bridgehead atoms. The second-order valence-electron chi connectivity index (χ2n) is 4.60. The minimum absolute atomic E-state index is 0. The van der Waals surface area contributed by atoms with Gasteiger partial charge in [-0.25, -0.2) is 0 Å². The monoisotopic (exact) mass is 285 g/mol. The van der Waals surface area contributed by atoms with E-state index in [1.165, 1.54) is 19.3 Å². The molecule has 1 aromatic rings. The van der Waals surface area contributed by atoms with E-state index in [9.17, 15) is 9.90 Å². The highest BCUT2D eigenvalue weighted by molar-refractivity contribution is 5.85. The molecule has 0 aromatic heterocycles. The largest absolute Gasteiger partial charge is 0.480 e. The fraction of sp³-hybridized carbons (Fsp3) is 0.533. The highest BCUT2D eigenvalue weighted by atomic mass is 35.5. The maximum atomic E-state index is 11.2. The third-order valence-corrected chi connectivity index (χ3v) is 3.00. The molecule has 108 valence electrons. The Kier molecular flexibility index (Phi) is 10.2. The van der Waals surface area contributed by atoms with Crippen LogP contribution in [0.2, 0.25) is 0 Å². The Labute approximate surface area is 121 Å². The van der Waals surface area contributed by atoms with Crippen LogP contribution in [0.5, 0.6) is 0 Å². The van der Waals surface area contributed by atoms with Crippen LogP contribution in [0.1, 0.15) is 38.2 Å². The smallest absolute Gasteiger partial charge is 0.321 e. The van der Waals surface area contributed by atoms with Gasteiger partial charge in [0.25, 0.3) is 0 Å². The maximum Gasteiger partial charge on any atom is 0.321 e. The topological polar surface area (TPSA) is 49.3 Å². The van der Waals surface area contributed by atoms with Gasteiger partial charge in [-0.05, 0) is 24.9 Å². The molecule has 1 atom stereocenters. The summed E-state index contributed by atoms with van der Waals surface area (Å²) in [6.45, 7) is 2.95. The number of aliphatic carboxylic acids is 1. The lowest BCUT2D eigenvalue weighted by Gasteiger charge is -2.14. The van der Waals surface area contributed by atoms with E-state index in [-0.39, 0.29) is 12.4 Å². The molecule has 2 N–H and O–H groups in total. The zero-order valence-corrected chi connectivity index (χ0v) is 12.3. The zero-order chi connectivity index (χ0) is 13.2. The lowest BCUT2D eigenvalue weighted by molar-refractivity contribution is -0.139. The first kappa shape index (κ1) is 17.9. The van der Waals surface area contributed by atoms with Gasteiger partial charge in [0.1, 0.15) is 6.04 Å². The maximum absolute atomic E-state index is 11.2. The third-order valence-electron chi connectivity index (χ3n) is 3.00. The van der Waals surface area contributed by atoms with Crippen LogP contribution in [0.25, 0.3) is 0 Å². The Morgan fingerprint density at radius 1 is 1.21 bits per heavy atom. The van der Waals surface area contributed by atoms with Gasteiger partial charge in [-0.3, -0.25) is 4.79 Å². The second-order valence-corrected chi connectivity index (χ2v) is 4.60. The molecule has 4 heteroatoms. The van der Waals surface area contributed by atoms with Crippen molar-refractivity contribution in [2.45, 2.75) is 45.1 Å². The first-order valence-electron chi connectivity index (χ1n) is 6.74. The van der Waals surface area contributed by atoms with E-state index in [1.807, 2.05) is 30.3 Å². The van der Waals surface area contributed by atoms with Crippen molar-refractivity contribution < 1.29 is 9.90 Å². The van der Waals surface area contributed by atoms with Crippen molar-refractivity contribution in [3.8, 4) is 0 Å². The predicted molar refractivity (Wildman–Crippen MR) is 81.0 cm³/mol. The number of carbonyl (C=O) groups is 1. The number of unbranched alkanes of at least 4 members (excludes halogenated alkanes) is 3. The quantitative estimate of drug-likeness (QED) is 0.685. The number of carboxylic acid groups (broad SMARTS) is 1. The van der Waals surface area contributed by atoms with E-state index in [4.69, 9.17) is 0 Å². The molecule has 0 heterocycles. The van der Waals surface area contributed by atoms with E-state index in [1.54, 1.807) is 0 Å². The molecule has 0 radical (unpaired) electrons. The van der Waals surface area contributed by atoms with Crippen molar-refractivity contribution in [1.29, 1.82) is 0 Å². The van der Waals surface area contributed by atoms with Crippen LogP contribution in [-0.4, -0.2) is 23.7 Å². The summed E-state index contributed by atoms with van der Waals surface area (Å²) in [4.78, 5) is 11.2. The molecule has 0 aliphatic rings. The van der Waals surface area contributed by atoms with E-state index in [0.717, 1.165) is 18.5 Å². The lowest BCUT2D eigenvalue weighted by Crippen LogP contribution is -2.39.